The van der Waals surface area contributed by atoms with Gasteiger partial charge in [0.05, 0.1) is 32.7 Å². The minimum absolute atomic E-state index is 0.0287. The number of esters is 4. The van der Waals surface area contributed by atoms with Gasteiger partial charge in [0.15, 0.2) is 0 Å². The number of hydrogen-bond acceptors (Lipinski definition) is 10. The number of hydrogen-bond donors (Lipinski definition) is 1. The van der Waals surface area contributed by atoms with Crippen molar-refractivity contribution in [1.29, 1.82) is 0 Å². The third kappa shape index (κ3) is 6.57. The van der Waals surface area contributed by atoms with E-state index in [4.69, 9.17) is 5.11 Å². The summed E-state index contributed by atoms with van der Waals surface area (Å²) in [5.74, 6) is -3.56. The van der Waals surface area contributed by atoms with Gasteiger partial charge in [-0.2, -0.15) is 0 Å². The molecule has 0 aromatic heterocycles. The van der Waals surface area contributed by atoms with E-state index in [0.717, 1.165) is 0 Å². The van der Waals surface area contributed by atoms with Crippen molar-refractivity contribution in [2.45, 2.75) is 0 Å². The van der Waals surface area contributed by atoms with E-state index in [1.54, 1.807) is 14.7 Å². The molecule has 0 aromatic rings. The van der Waals surface area contributed by atoms with E-state index in [1.807, 2.05) is 0 Å². The minimum Gasteiger partial charge on any atom is -0.480 e. The van der Waals surface area contributed by atoms with Crippen LogP contribution in [0.3, 0.4) is 0 Å². The Balaban J connectivity index is 1.82. The zero-order valence-corrected chi connectivity index (χ0v) is 13.5. The van der Waals surface area contributed by atoms with E-state index in [2.05, 4.69) is 9.47 Å². The summed E-state index contributed by atoms with van der Waals surface area (Å²) in [6.45, 7) is 0.886. The highest BCUT2D eigenvalue weighted by molar-refractivity contribution is 5.90. The maximum atomic E-state index is 11.2. The fourth-order valence-electron chi connectivity index (χ4n) is 2.57. The van der Waals surface area contributed by atoms with Crippen LogP contribution in [0.4, 0.5) is 0 Å². The number of aliphatic carboxylic acids is 1. The Kier molecular flexibility index (Phi) is 6.56. The predicted octanol–water partition coefficient (Wildman–Crippen LogP) is -2.86. The van der Waals surface area contributed by atoms with Crippen LogP contribution in [-0.2, 0) is 33.4 Å². The van der Waals surface area contributed by atoms with Crippen LogP contribution in [0.15, 0.2) is 0 Å². The Bertz CT molecular complexity index is 504. The minimum atomic E-state index is -1.02. The maximum Gasteiger partial charge on any atom is 0.327 e. The first-order chi connectivity index (χ1) is 11.8. The lowest BCUT2D eigenvalue weighted by Crippen LogP contribution is -2.49. The van der Waals surface area contributed by atoms with Crippen molar-refractivity contribution >= 4 is 29.8 Å². The number of ether oxygens (including phenoxy) is 2. The third-order valence-corrected chi connectivity index (χ3v) is 3.69. The van der Waals surface area contributed by atoms with Crippen LogP contribution in [0.2, 0.25) is 0 Å². The second-order valence-corrected chi connectivity index (χ2v) is 5.78. The lowest BCUT2D eigenvalue weighted by molar-refractivity contribution is -0.168. The van der Waals surface area contributed by atoms with Gasteiger partial charge in [-0.05, 0) is 0 Å². The Hall–Kier alpha value is -2.37. The van der Waals surface area contributed by atoms with Crippen LogP contribution in [0.1, 0.15) is 0 Å². The van der Waals surface area contributed by atoms with E-state index >= 15 is 0 Å². The summed E-state index contributed by atoms with van der Waals surface area (Å²) in [6, 6.07) is 0. The number of cyclic esters (lactones) is 4. The van der Waals surface area contributed by atoms with Gasteiger partial charge >= 0.3 is 29.8 Å². The fraction of sp³-hybridized carbons (Fsp3) is 0.643. The van der Waals surface area contributed by atoms with Gasteiger partial charge in [0.1, 0.15) is 0 Å². The second-order valence-electron chi connectivity index (χ2n) is 5.78. The normalized spacial score (nSPS) is 19.9. The number of carbonyl (C=O) groups is 5. The first-order valence-corrected chi connectivity index (χ1v) is 7.67. The highest BCUT2D eigenvalue weighted by Crippen LogP contribution is 2.03. The van der Waals surface area contributed by atoms with Gasteiger partial charge in [-0.25, -0.2) is 0 Å². The lowest BCUT2D eigenvalue weighted by Gasteiger charge is -2.30. The molecule has 0 spiro atoms. The molecule has 138 valence electrons. The molecule has 1 N–H and O–H groups in total. The van der Waals surface area contributed by atoms with Crippen molar-refractivity contribution in [3.63, 3.8) is 0 Å². The van der Waals surface area contributed by atoms with Crippen molar-refractivity contribution < 1.29 is 38.6 Å². The molecule has 0 bridgehead atoms. The van der Waals surface area contributed by atoms with Crippen molar-refractivity contribution in [2.24, 2.45) is 0 Å². The highest BCUT2D eigenvalue weighted by Gasteiger charge is 2.27. The second kappa shape index (κ2) is 8.65. The molecule has 2 aliphatic heterocycles. The van der Waals surface area contributed by atoms with Crippen LogP contribution < -0.4 is 0 Å². The zero-order valence-electron chi connectivity index (χ0n) is 13.5. The van der Waals surface area contributed by atoms with Gasteiger partial charge in [-0.15, -0.1) is 0 Å². The maximum absolute atomic E-state index is 11.2. The first-order valence-electron chi connectivity index (χ1n) is 7.67. The number of nitrogens with zero attached hydrogens (tertiary/aromatic N) is 3. The van der Waals surface area contributed by atoms with Crippen molar-refractivity contribution in [1.82, 2.24) is 14.7 Å². The van der Waals surface area contributed by atoms with E-state index in [1.165, 1.54) is 0 Å². The standard InChI is InChI=1S/C14H19N3O8/c18-10(19)5-15(1-3-16-6-11(20)24-12(21)7-16)2-4-17-8-13(22)25-14(23)9-17/h1-9H2,(H,18,19). The zero-order chi connectivity index (χ0) is 18.4. The largest absolute Gasteiger partial charge is 0.480 e. The molecule has 0 atom stereocenters. The molecule has 11 nitrogen and oxygen atoms in total. The Labute approximate surface area is 143 Å². The number of carboxylic acid groups (broad SMARTS) is 1. The number of carbonyl (C=O) groups excluding carboxylic acids is 4. The molecular weight excluding hydrogens is 338 g/mol. The molecule has 2 heterocycles. The van der Waals surface area contributed by atoms with Gasteiger partial charge in [0.25, 0.3) is 0 Å². The Morgan fingerprint density at radius 2 is 1.20 bits per heavy atom. The van der Waals surface area contributed by atoms with Gasteiger partial charge in [0, 0.05) is 26.2 Å². The number of rotatable bonds is 8. The molecule has 2 saturated heterocycles. The average Bonchev–Trinajstić information content (AvgIpc) is 2.47. The Morgan fingerprint density at radius 1 is 0.840 bits per heavy atom. The molecular formula is C14H19N3O8. The van der Waals surface area contributed by atoms with E-state index in [9.17, 15) is 24.0 Å². The molecule has 11 heteroatoms. The topological polar surface area (TPSA) is 134 Å². The van der Waals surface area contributed by atoms with Gasteiger partial charge in [0.2, 0.25) is 0 Å². The molecule has 2 rings (SSSR count). The summed E-state index contributed by atoms with van der Waals surface area (Å²) in [6.07, 6.45) is 0. The van der Waals surface area contributed by atoms with E-state index in [-0.39, 0.29) is 32.7 Å². The van der Waals surface area contributed by atoms with Crippen molar-refractivity contribution in [2.75, 3.05) is 58.9 Å². The molecule has 0 aromatic carbocycles. The smallest absolute Gasteiger partial charge is 0.327 e. The van der Waals surface area contributed by atoms with E-state index < -0.39 is 29.8 Å². The van der Waals surface area contributed by atoms with Crippen LogP contribution in [0.25, 0.3) is 0 Å². The van der Waals surface area contributed by atoms with Crippen molar-refractivity contribution in [3.8, 4) is 0 Å². The highest BCUT2D eigenvalue weighted by atomic mass is 16.6. The van der Waals surface area contributed by atoms with Crippen LogP contribution in [-0.4, -0.2) is 109 Å². The lowest BCUT2D eigenvalue weighted by atomic mass is 10.3. The van der Waals surface area contributed by atoms with Crippen LogP contribution in [0, 0.1) is 0 Å². The monoisotopic (exact) mass is 357 g/mol. The summed E-state index contributed by atoms with van der Waals surface area (Å²) in [5, 5.41) is 9.00. The summed E-state index contributed by atoms with van der Waals surface area (Å²) in [5.41, 5.74) is 0. The summed E-state index contributed by atoms with van der Waals surface area (Å²) < 4.78 is 8.85. The van der Waals surface area contributed by atoms with E-state index in [0.29, 0.717) is 26.2 Å². The quantitative estimate of drug-likeness (QED) is 0.355. The molecule has 0 saturated carbocycles. The number of carboxylic acids is 1. The van der Waals surface area contributed by atoms with Gasteiger partial charge in [-0.3, -0.25) is 38.7 Å². The average molecular weight is 357 g/mol. The molecule has 0 aliphatic carbocycles. The molecule has 25 heavy (non-hydrogen) atoms. The van der Waals surface area contributed by atoms with Crippen LogP contribution >= 0.6 is 0 Å². The van der Waals surface area contributed by atoms with Gasteiger partial charge < -0.3 is 14.6 Å². The Morgan fingerprint density at radius 3 is 1.52 bits per heavy atom. The molecule has 0 unspecified atom stereocenters. The first kappa shape index (κ1) is 19.0. The predicted molar refractivity (Wildman–Crippen MR) is 79.2 cm³/mol. The molecule has 0 amide bonds. The summed E-state index contributed by atoms with van der Waals surface area (Å²) in [4.78, 5) is 60.7. The number of morpholine rings is 2. The van der Waals surface area contributed by atoms with Crippen LogP contribution in [0.5, 0.6) is 0 Å². The van der Waals surface area contributed by atoms with Crippen molar-refractivity contribution in [3.05, 3.63) is 0 Å². The SMILES string of the molecule is O=C(O)CN(CCN1CC(=O)OC(=O)C1)CCN1CC(=O)OC(=O)C1. The van der Waals surface area contributed by atoms with Gasteiger partial charge in [-0.1, -0.05) is 0 Å². The third-order valence-electron chi connectivity index (χ3n) is 3.69. The molecule has 2 aliphatic rings. The fourth-order valence-corrected chi connectivity index (χ4v) is 2.57. The molecule has 0 radical (unpaired) electrons. The summed E-state index contributed by atoms with van der Waals surface area (Å²) >= 11 is 0. The molecule has 2 fully saturated rings. The summed E-state index contributed by atoms with van der Waals surface area (Å²) in [7, 11) is 0.